The van der Waals surface area contributed by atoms with E-state index < -0.39 is 0 Å². The van der Waals surface area contributed by atoms with E-state index in [-0.39, 0.29) is 4.75 Å². The Morgan fingerprint density at radius 3 is 2.89 bits per heavy atom. The minimum atomic E-state index is -0.0780. The first kappa shape index (κ1) is 12.6. The van der Waals surface area contributed by atoms with Gasteiger partial charge in [0.2, 0.25) is 0 Å². The quantitative estimate of drug-likeness (QED) is 0.632. The van der Waals surface area contributed by atoms with Crippen molar-refractivity contribution in [2.75, 3.05) is 6.54 Å². The largest absolute Gasteiger partial charge is 0.311 e. The lowest BCUT2D eigenvalue weighted by Gasteiger charge is -2.45. The van der Waals surface area contributed by atoms with Gasteiger partial charge in [0.15, 0.2) is 0 Å². The highest BCUT2D eigenvalue weighted by Crippen LogP contribution is 2.45. The van der Waals surface area contributed by atoms with Gasteiger partial charge in [-0.15, -0.1) is 0 Å². The molecule has 0 saturated carbocycles. The van der Waals surface area contributed by atoms with Gasteiger partial charge < -0.3 is 5.32 Å². The molecule has 1 heterocycles. The van der Waals surface area contributed by atoms with Crippen LogP contribution in [0.5, 0.6) is 0 Å². The number of allylic oxidation sites excluding steroid dienone is 4. The zero-order valence-corrected chi connectivity index (χ0v) is 12.1. The number of thiol groups is 1. The minimum absolute atomic E-state index is 0.0780. The fourth-order valence-corrected chi connectivity index (χ4v) is 3.97. The summed E-state index contributed by atoms with van der Waals surface area (Å²) < 4.78 is -0.0780. The van der Waals surface area contributed by atoms with Crippen LogP contribution >= 0.6 is 12.6 Å². The van der Waals surface area contributed by atoms with Gasteiger partial charge >= 0.3 is 0 Å². The molecule has 3 aliphatic rings. The molecule has 2 aliphatic carbocycles. The fraction of sp³-hybridized carbons (Fsp3) is 0.625. The highest BCUT2D eigenvalue weighted by molar-refractivity contribution is 7.82. The highest BCUT2D eigenvalue weighted by Gasteiger charge is 2.40. The van der Waals surface area contributed by atoms with Gasteiger partial charge in [-0.05, 0) is 56.7 Å². The SMILES string of the molecule is CC1(S)C=CC=CC2=C1CC1(CCCCN1)CC2. The van der Waals surface area contributed by atoms with E-state index in [0.717, 1.165) is 0 Å². The van der Waals surface area contributed by atoms with Crippen molar-refractivity contribution < 1.29 is 0 Å². The van der Waals surface area contributed by atoms with Crippen LogP contribution in [0.1, 0.15) is 45.4 Å². The lowest BCUT2D eigenvalue weighted by molar-refractivity contribution is 0.223. The molecule has 1 nitrogen and oxygen atoms in total. The van der Waals surface area contributed by atoms with Gasteiger partial charge in [-0.3, -0.25) is 0 Å². The third kappa shape index (κ3) is 2.21. The van der Waals surface area contributed by atoms with Gasteiger partial charge in [0.1, 0.15) is 0 Å². The Morgan fingerprint density at radius 1 is 1.22 bits per heavy atom. The average Bonchev–Trinajstić information content (AvgIpc) is 2.50. The summed E-state index contributed by atoms with van der Waals surface area (Å²) in [4.78, 5) is 0. The summed E-state index contributed by atoms with van der Waals surface area (Å²) in [5.41, 5.74) is 3.43. The Balaban J connectivity index is 1.93. The zero-order valence-electron chi connectivity index (χ0n) is 11.2. The lowest BCUT2D eigenvalue weighted by atomic mass is 9.71. The maximum absolute atomic E-state index is 4.90. The van der Waals surface area contributed by atoms with Crippen molar-refractivity contribution in [3.63, 3.8) is 0 Å². The van der Waals surface area contributed by atoms with Crippen molar-refractivity contribution in [2.45, 2.75) is 55.7 Å². The molecule has 2 unspecified atom stereocenters. The molecule has 2 atom stereocenters. The number of piperidine rings is 1. The van der Waals surface area contributed by atoms with Crippen LogP contribution in [0.2, 0.25) is 0 Å². The molecule has 98 valence electrons. The molecule has 0 radical (unpaired) electrons. The van der Waals surface area contributed by atoms with Crippen molar-refractivity contribution in [1.29, 1.82) is 0 Å². The Labute approximate surface area is 116 Å². The van der Waals surface area contributed by atoms with E-state index in [1.807, 2.05) is 0 Å². The smallest absolute Gasteiger partial charge is 0.0498 e. The number of nitrogens with one attached hydrogen (secondary N) is 1. The van der Waals surface area contributed by atoms with E-state index >= 15 is 0 Å². The van der Waals surface area contributed by atoms with E-state index in [2.05, 4.69) is 36.5 Å². The predicted molar refractivity (Wildman–Crippen MR) is 81.1 cm³/mol. The molecular weight excluding hydrogens is 238 g/mol. The summed E-state index contributed by atoms with van der Waals surface area (Å²) >= 11 is 4.90. The monoisotopic (exact) mass is 261 g/mol. The molecule has 1 saturated heterocycles. The Kier molecular flexibility index (Phi) is 3.19. The summed E-state index contributed by atoms with van der Waals surface area (Å²) in [6.45, 7) is 3.42. The first-order valence-corrected chi connectivity index (χ1v) is 7.62. The van der Waals surface area contributed by atoms with Crippen molar-refractivity contribution in [3.8, 4) is 0 Å². The summed E-state index contributed by atoms with van der Waals surface area (Å²) in [5.74, 6) is 0. The van der Waals surface area contributed by atoms with Crippen LogP contribution in [0.25, 0.3) is 0 Å². The molecular formula is C16H23NS. The molecule has 2 heteroatoms. The first-order valence-electron chi connectivity index (χ1n) is 7.17. The molecule has 0 aromatic heterocycles. The van der Waals surface area contributed by atoms with Crippen LogP contribution in [0.4, 0.5) is 0 Å². The van der Waals surface area contributed by atoms with E-state index in [0.29, 0.717) is 5.54 Å². The van der Waals surface area contributed by atoms with Crippen molar-refractivity contribution in [3.05, 3.63) is 35.5 Å². The molecule has 0 aromatic carbocycles. The van der Waals surface area contributed by atoms with Crippen LogP contribution in [-0.2, 0) is 0 Å². The summed E-state index contributed by atoms with van der Waals surface area (Å²) in [6.07, 6.45) is 16.6. The van der Waals surface area contributed by atoms with Gasteiger partial charge in [-0.25, -0.2) is 0 Å². The van der Waals surface area contributed by atoms with Gasteiger partial charge in [0.25, 0.3) is 0 Å². The molecule has 1 fully saturated rings. The van der Waals surface area contributed by atoms with Gasteiger partial charge in [0.05, 0.1) is 0 Å². The predicted octanol–water partition coefficient (Wildman–Crippen LogP) is 3.79. The van der Waals surface area contributed by atoms with E-state index in [9.17, 15) is 0 Å². The first-order chi connectivity index (χ1) is 8.61. The van der Waals surface area contributed by atoms with Crippen LogP contribution < -0.4 is 5.32 Å². The standard InChI is InChI=1S/C16H23NS/c1-15(18)8-3-2-6-13-7-10-16(12-14(13)15)9-4-5-11-17-16/h2-3,6,8,17-18H,4-5,7,9-12H2,1H3. The third-order valence-corrected chi connectivity index (χ3v) is 5.22. The molecule has 1 N–H and O–H groups in total. The van der Waals surface area contributed by atoms with Gasteiger partial charge in [-0.1, -0.05) is 30.7 Å². The number of rotatable bonds is 0. The Hall–Kier alpha value is -0.470. The van der Waals surface area contributed by atoms with Crippen LogP contribution in [0, 0.1) is 0 Å². The molecule has 1 aliphatic heterocycles. The maximum Gasteiger partial charge on any atom is 0.0498 e. The summed E-state index contributed by atoms with van der Waals surface area (Å²) in [7, 11) is 0. The van der Waals surface area contributed by atoms with Crippen LogP contribution in [0.3, 0.4) is 0 Å². The van der Waals surface area contributed by atoms with Crippen LogP contribution in [-0.4, -0.2) is 16.8 Å². The Bertz CT molecular complexity index is 422. The molecule has 1 spiro atoms. The van der Waals surface area contributed by atoms with E-state index in [1.165, 1.54) is 56.2 Å². The third-order valence-electron chi connectivity index (χ3n) is 4.80. The zero-order chi connectivity index (χ0) is 12.6. The molecule has 0 bridgehead atoms. The fourth-order valence-electron chi connectivity index (χ4n) is 3.66. The minimum Gasteiger partial charge on any atom is -0.311 e. The van der Waals surface area contributed by atoms with Crippen molar-refractivity contribution in [1.82, 2.24) is 5.32 Å². The van der Waals surface area contributed by atoms with Gasteiger partial charge in [0, 0.05) is 10.3 Å². The summed E-state index contributed by atoms with van der Waals surface area (Å²) in [5, 5.41) is 3.81. The second-order valence-electron chi connectivity index (χ2n) is 6.21. The van der Waals surface area contributed by atoms with E-state index in [1.54, 1.807) is 0 Å². The van der Waals surface area contributed by atoms with Gasteiger partial charge in [-0.2, -0.15) is 12.6 Å². The second-order valence-corrected chi connectivity index (χ2v) is 7.14. The van der Waals surface area contributed by atoms with Crippen LogP contribution in [0.15, 0.2) is 35.5 Å². The second kappa shape index (κ2) is 4.57. The highest BCUT2D eigenvalue weighted by atomic mass is 32.1. The van der Waals surface area contributed by atoms with Crippen molar-refractivity contribution in [2.24, 2.45) is 0 Å². The van der Waals surface area contributed by atoms with E-state index in [4.69, 9.17) is 12.6 Å². The molecule has 18 heavy (non-hydrogen) atoms. The molecule has 0 aromatic rings. The number of hydrogen-bond donors (Lipinski definition) is 2. The summed E-state index contributed by atoms with van der Waals surface area (Å²) in [6, 6.07) is 0. The molecule has 0 amide bonds. The lowest BCUT2D eigenvalue weighted by Crippen LogP contribution is -2.51. The number of hydrogen-bond acceptors (Lipinski definition) is 2. The molecule has 3 rings (SSSR count). The maximum atomic E-state index is 4.90. The normalized spacial score (nSPS) is 39.9. The Morgan fingerprint density at radius 2 is 2.11 bits per heavy atom. The topological polar surface area (TPSA) is 12.0 Å². The van der Waals surface area contributed by atoms with Crippen molar-refractivity contribution >= 4 is 12.6 Å². The average molecular weight is 261 g/mol.